The highest BCUT2D eigenvalue weighted by Crippen LogP contribution is 2.36. The molecule has 1 aliphatic rings. The first-order valence-electron chi connectivity index (χ1n) is 6.55. The van der Waals surface area contributed by atoms with Crippen molar-refractivity contribution in [2.24, 2.45) is 0 Å². The highest BCUT2D eigenvalue weighted by atomic mass is 16.7. The van der Waals surface area contributed by atoms with Crippen molar-refractivity contribution in [2.45, 2.75) is 38.9 Å². The maximum atomic E-state index is 6.01. The van der Waals surface area contributed by atoms with Crippen molar-refractivity contribution < 1.29 is 14.0 Å². The Morgan fingerprint density at radius 1 is 1.21 bits per heavy atom. The molecule has 1 heterocycles. The molecular weight excluding hydrogens is 239 g/mol. The molecule has 0 bridgehead atoms. The van der Waals surface area contributed by atoms with Gasteiger partial charge in [-0.05, 0) is 45.3 Å². The molecule has 0 radical (unpaired) electrons. The van der Waals surface area contributed by atoms with E-state index in [1.54, 1.807) is 6.08 Å². The molecule has 4 heteroatoms. The molecule has 1 aromatic rings. The maximum Gasteiger partial charge on any atom is 0.494 e. The number of hydrogen-bond donors (Lipinski definition) is 0. The van der Waals surface area contributed by atoms with E-state index < -0.39 is 0 Å². The van der Waals surface area contributed by atoms with Gasteiger partial charge in [0.25, 0.3) is 0 Å². The maximum absolute atomic E-state index is 6.01. The number of hydrogen-bond acceptors (Lipinski definition) is 3. The second-order valence-corrected chi connectivity index (χ2v) is 5.76. The van der Waals surface area contributed by atoms with Gasteiger partial charge in [0.05, 0.1) is 11.2 Å². The second kappa shape index (κ2) is 5.02. The van der Waals surface area contributed by atoms with Crippen LogP contribution in [0.4, 0.5) is 0 Å². The van der Waals surface area contributed by atoms with Crippen LogP contribution < -0.4 is 10.2 Å². The summed E-state index contributed by atoms with van der Waals surface area (Å²) in [6.45, 7) is 12.3. The van der Waals surface area contributed by atoms with Crippen LogP contribution in [0.2, 0.25) is 0 Å². The smallest absolute Gasteiger partial charge is 0.490 e. The Morgan fingerprint density at radius 2 is 1.84 bits per heavy atom. The SMILES string of the molecule is C=CCOc1cccc(B2OC(C)(C)C(C)(C)O2)c1. The molecule has 0 N–H and O–H groups in total. The van der Waals surface area contributed by atoms with Gasteiger partial charge in [-0.15, -0.1) is 0 Å². The van der Waals surface area contributed by atoms with Crippen LogP contribution in [0, 0.1) is 0 Å². The molecule has 102 valence electrons. The largest absolute Gasteiger partial charge is 0.494 e. The van der Waals surface area contributed by atoms with Crippen molar-refractivity contribution in [1.82, 2.24) is 0 Å². The fraction of sp³-hybridized carbons (Fsp3) is 0.467. The van der Waals surface area contributed by atoms with Gasteiger partial charge in [-0.3, -0.25) is 0 Å². The quantitative estimate of drug-likeness (QED) is 0.615. The fourth-order valence-electron chi connectivity index (χ4n) is 1.89. The third-order valence-corrected chi connectivity index (χ3v) is 3.75. The van der Waals surface area contributed by atoms with Crippen molar-refractivity contribution in [3.8, 4) is 5.75 Å². The molecule has 0 aliphatic carbocycles. The Balaban J connectivity index is 2.17. The lowest BCUT2D eigenvalue weighted by molar-refractivity contribution is 0.00578. The summed E-state index contributed by atoms with van der Waals surface area (Å²) in [5, 5.41) is 0. The molecule has 0 saturated carbocycles. The first-order valence-corrected chi connectivity index (χ1v) is 6.55. The van der Waals surface area contributed by atoms with Crippen LogP contribution in [0.5, 0.6) is 5.75 Å². The Hall–Kier alpha value is -1.26. The predicted molar refractivity (Wildman–Crippen MR) is 77.9 cm³/mol. The molecule has 0 amide bonds. The Kier molecular flexibility index (Phi) is 3.74. The molecule has 2 rings (SSSR count). The van der Waals surface area contributed by atoms with Crippen LogP contribution in [-0.4, -0.2) is 24.9 Å². The van der Waals surface area contributed by atoms with Crippen LogP contribution >= 0.6 is 0 Å². The van der Waals surface area contributed by atoms with E-state index in [-0.39, 0.29) is 18.3 Å². The summed E-state index contributed by atoms with van der Waals surface area (Å²) >= 11 is 0. The summed E-state index contributed by atoms with van der Waals surface area (Å²) in [6.07, 6.45) is 1.72. The standard InChI is InChI=1S/C15H21BO3/c1-6-10-17-13-9-7-8-12(11-13)16-18-14(2,3)15(4,5)19-16/h6-9,11H,1,10H2,2-5H3. The van der Waals surface area contributed by atoms with Gasteiger partial charge in [-0.2, -0.15) is 0 Å². The highest BCUT2D eigenvalue weighted by molar-refractivity contribution is 6.62. The van der Waals surface area contributed by atoms with Gasteiger partial charge >= 0.3 is 7.12 Å². The minimum Gasteiger partial charge on any atom is -0.490 e. The molecular formula is C15H21BO3. The van der Waals surface area contributed by atoms with E-state index in [0.29, 0.717) is 6.61 Å². The first-order chi connectivity index (χ1) is 8.86. The van der Waals surface area contributed by atoms with E-state index in [1.807, 2.05) is 52.0 Å². The van der Waals surface area contributed by atoms with E-state index in [1.165, 1.54) is 0 Å². The minimum absolute atomic E-state index is 0.324. The minimum atomic E-state index is -0.350. The molecule has 0 unspecified atom stereocenters. The third kappa shape index (κ3) is 2.85. The van der Waals surface area contributed by atoms with E-state index in [9.17, 15) is 0 Å². The van der Waals surface area contributed by atoms with Crippen LogP contribution in [0.15, 0.2) is 36.9 Å². The summed E-state index contributed by atoms with van der Waals surface area (Å²) in [7, 11) is -0.350. The topological polar surface area (TPSA) is 27.7 Å². The highest BCUT2D eigenvalue weighted by Gasteiger charge is 2.51. The molecule has 1 aliphatic heterocycles. The van der Waals surface area contributed by atoms with Gasteiger partial charge in [0, 0.05) is 0 Å². The molecule has 1 aromatic carbocycles. The summed E-state index contributed by atoms with van der Waals surface area (Å²) in [5.74, 6) is 0.798. The first kappa shape index (κ1) is 14.2. The Morgan fingerprint density at radius 3 is 2.42 bits per heavy atom. The molecule has 0 aromatic heterocycles. The molecule has 1 saturated heterocycles. The number of ether oxygens (including phenoxy) is 1. The van der Waals surface area contributed by atoms with Gasteiger partial charge in [0.2, 0.25) is 0 Å². The Labute approximate surface area is 115 Å². The summed E-state index contributed by atoms with van der Waals surface area (Å²) < 4.78 is 17.6. The Bertz CT molecular complexity index is 452. The van der Waals surface area contributed by atoms with Gasteiger partial charge < -0.3 is 14.0 Å². The van der Waals surface area contributed by atoms with Crippen LogP contribution in [-0.2, 0) is 9.31 Å². The van der Waals surface area contributed by atoms with Crippen LogP contribution in [0.3, 0.4) is 0 Å². The zero-order valence-electron chi connectivity index (χ0n) is 12.1. The lowest BCUT2D eigenvalue weighted by Crippen LogP contribution is -2.41. The number of benzene rings is 1. The van der Waals surface area contributed by atoms with E-state index in [0.717, 1.165) is 11.2 Å². The monoisotopic (exact) mass is 260 g/mol. The summed E-state index contributed by atoms with van der Waals surface area (Å²) in [4.78, 5) is 0. The molecule has 1 fully saturated rings. The van der Waals surface area contributed by atoms with Crippen molar-refractivity contribution in [3.05, 3.63) is 36.9 Å². The van der Waals surface area contributed by atoms with Gasteiger partial charge in [-0.1, -0.05) is 24.8 Å². The van der Waals surface area contributed by atoms with E-state index >= 15 is 0 Å². The van der Waals surface area contributed by atoms with Crippen molar-refractivity contribution in [1.29, 1.82) is 0 Å². The lowest BCUT2D eigenvalue weighted by atomic mass is 9.79. The fourth-order valence-corrected chi connectivity index (χ4v) is 1.89. The molecule has 0 spiro atoms. The zero-order chi connectivity index (χ0) is 14.1. The number of rotatable bonds is 4. The molecule has 19 heavy (non-hydrogen) atoms. The van der Waals surface area contributed by atoms with Crippen molar-refractivity contribution in [2.75, 3.05) is 6.61 Å². The lowest BCUT2D eigenvalue weighted by Gasteiger charge is -2.32. The molecule has 0 atom stereocenters. The average molecular weight is 260 g/mol. The van der Waals surface area contributed by atoms with Crippen molar-refractivity contribution >= 4 is 12.6 Å². The third-order valence-electron chi connectivity index (χ3n) is 3.75. The van der Waals surface area contributed by atoms with Gasteiger partial charge in [0.1, 0.15) is 12.4 Å². The van der Waals surface area contributed by atoms with Gasteiger partial charge in [-0.25, -0.2) is 0 Å². The molecule has 3 nitrogen and oxygen atoms in total. The van der Waals surface area contributed by atoms with Crippen LogP contribution in [0.25, 0.3) is 0 Å². The van der Waals surface area contributed by atoms with Crippen molar-refractivity contribution in [3.63, 3.8) is 0 Å². The normalized spacial score (nSPS) is 20.3. The summed E-state index contributed by atoms with van der Waals surface area (Å²) in [6, 6.07) is 7.80. The predicted octanol–water partition coefficient (Wildman–Crippen LogP) is 2.55. The second-order valence-electron chi connectivity index (χ2n) is 5.76. The van der Waals surface area contributed by atoms with Gasteiger partial charge in [0.15, 0.2) is 0 Å². The van der Waals surface area contributed by atoms with E-state index in [4.69, 9.17) is 14.0 Å². The summed E-state index contributed by atoms with van der Waals surface area (Å²) in [5.41, 5.74) is 0.325. The van der Waals surface area contributed by atoms with E-state index in [2.05, 4.69) is 6.58 Å². The zero-order valence-corrected chi connectivity index (χ0v) is 12.1. The average Bonchev–Trinajstić information content (AvgIpc) is 2.56. The van der Waals surface area contributed by atoms with Crippen LogP contribution in [0.1, 0.15) is 27.7 Å².